The third-order valence-corrected chi connectivity index (χ3v) is 4.54. The summed E-state index contributed by atoms with van der Waals surface area (Å²) >= 11 is 3.72. The number of hydrogen-bond donors (Lipinski definition) is 1. The van der Waals surface area contributed by atoms with Gasteiger partial charge in [-0.1, -0.05) is 23.9 Å². The second-order valence-corrected chi connectivity index (χ2v) is 6.12. The van der Waals surface area contributed by atoms with Gasteiger partial charge in [-0.05, 0) is 47.4 Å². The van der Waals surface area contributed by atoms with Gasteiger partial charge in [-0.3, -0.25) is 0 Å². The zero-order valence-electron chi connectivity index (χ0n) is 10.8. The van der Waals surface area contributed by atoms with Crippen LogP contribution in [0.25, 0.3) is 17.2 Å². The molecule has 2 heterocycles. The summed E-state index contributed by atoms with van der Waals surface area (Å²) < 4.78 is 2.63. The number of fused-ring (bicyclic) bond motifs is 1. The molecule has 0 aliphatic carbocycles. The van der Waals surface area contributed by atoms with Gasteiger partial charge in [0.15, 0.2) is 11.0 Å². The minimum absolute atomic E-state index is 0.292. The Labute approximate surface area is 133 Å². The fourth-order valence-corrected chi connectivity index (χ4v) is 2.60. The van der Waals surface area contributed by atoms with Crippen LogP contribution in [-0.2, 0) is 0 Å². The predicted molar refractivity (Wildman–Crippen MR) is 87.7 cm³/mol. The van der Waals surface area contributed by atoms with Gasteiger partial charge < -0.3 is 5.73 Å². The van der Waals surface area contributed by atoms with Crippen LogP contribution in [0.3, 0.4) is 0 Å². The monoisotopic (exact) mass is 398 g/mol. The standard InChI is InChI=1S/C12H11IN6S/c1-6-3-4-7(5-8(6)13)9-15-11-17-12(20-2)16-10(14)19(11)18-9/h3-5H,1-2H3,(H2,14,15,16,17,18). The molecule has 2 aromatic heterocycles. The Morgan fingerprint density at radius 3 is 2.75 bits per heavy atom. The van der Waals surface area contributed by atoms with Gasteiger partial charge in [0.2, 0.25) is 5.95 Å². The molecule has 8 heteroatoms. The van der Waals surface area contributed by atoms with Crippen LogP contribution in [0, 0.1) is 10.5 Å². The number of benzene rings is 1. The molecule has 102 valence electrons. The van der Waals surface area contributed by atoms with E-state index >= 15 is 0 Å². The highest BCUT2D eigenvalue weighted by atomic mass is 127. The Bertz CT molecular complexity index is 800. The molecule has 3 aromatic rings. The van der Waals surface area contributed by atoms with Crippen molar-refractivity contribution in [3.63, 3.8) is 0 Å². The van der Waals surface area contributed by atoms with Gasteiger partial charge in [0, 0.05) is 9.13 Å². The van der Waals surface area contributed by atoms with Crippen molar-refractivity contribution in [1.29, 1.82) is 0 Å². The number of rotatable bonds is 2. The maximum absolute atomic E-state index is 5.87. The summed E-state index contributed by atoms with van der Waals surface area (Å²) in [4.78, 5) is 12.9. The highest BCUT2D eigenvalue weighted by Crippen LogP contribution is 2.22. The van der Waals surface area contributed by atoms with Gasteiger partial charge in [0.05, 0.1) is 0 Å². The maximum atomic E-state index is 5.87. The Hall–Kier alpha value is -1.42. The van der Waals surface area contributed by atoms with Crippen molar-refractivity contribution >= 4 is 46.1 Å². The summed E-state index contributed by atoms with van der Waals surface area (Å²) in [6, 6.07) is 6.08. The van der Waals surface area contributed by atoms with Crippen LogP contribution in [-0.4, -0.2) is 30.8 Å². The Kier molecular flexibility index (Phi) is 3.50. The topological polar surface area (TPSA) is 82.0 Å². The molecule has 0 atom stereocenters. The summed E-state index contributed by atoms with van der Waals surface area (Å²) in [6.07, 6.45) is 1.89. The van der Waals surface area contributed by atoms with Gasteiger partial charge >= 0.3 is 0 Å². The molecule has 6 nitrogen and oxygen atoms in total. The lowest BCUT2D eigenvalue weighted by molar-refractivity contribution is 0.851. The van der Waals surface area contributed by atoms with Gasteiger partial charge in [0.1, 0.15) is 0 Å². The summed E-state index contributed by atoms with van der Waals surface area (Å²) in [5, 5.41) is 4.96. The molecule has 0 radical (unpaired) electrons. The summed E-state index contributed by atoms with van der Waals surface area (Å²) in [7, 11) is 0. The highest BCUT2D eigenvalue weighted by molar-refractivity contribution is 14.1. The minimum atomic E-state index is 0.292. The third kappa shape index (κ3) is 2.33. The van der Waals surface area contributed by atoms with E-state index in [1.165, 1.54) is 25.4 Å². The SMILES string of the molecule is CSc1nc(N)n2nc(-c3ccc(C)c(I)c3)nc2n1. The Balaban J connectivity index is 2.17. The molecule has 0 spiro atoms. The highest BCUT2D eigenvalue weighted by Gasteiger charge is 2.12. The van der Waals surface area contributed by atoms with E-state index in [1.807, 2.05) is 24.5 Å². The van der Waals surface area contributed by atoms with Crippen molar-refractivity contribution < 1.29 is 0 Å². The molecule has 0 aliphatic heterocycles. The van der Waals surface area contributed by atoms with Gasteiger partial charge in [-0.15, -0.1) is 5.10 Å². The lowest BCUT2D eigenvalue weighted by Crippen LogP contribution is -2.04. The molecule has 1 aromatic carbocycles. The molecule has 3 rings (SSSR count). The van der Waals surface area contributed by atoms with Crippen molar-refractivity contribution in [2.75, 3.05) is 12.0 Å². The lowest BCUT2D eigenvalue weighted by atomic mass is 10.1. The molecule has 0 saturated carbocycles. The van der Waals surface area contributed by atoms with Crippen LogP contribution in [0.15, 0.2) is 23.4 Å². The summed E-state index contributed by atoms with van der Waals surface area (Å²) in [6.45, 7) is 2.07. The number of anilines is 1. The van der Waals surface area contributed by atoms with Crippen molar-refractivity contribution in [1.82, 2.24) is 24.6 Å². The Morgan fingerprint density at radius 2 is 2.05 bits per heavy atom. The maximum Gasteiger partial charge on any atom is 0.258 e. The predicted octanol–water partition coefficient (Wildman–Crippen LogP) is 2.40. The summed E-state index contributed by atoms with van der Waals surface area (Å²) in [5.74, 6) is 1.36. The second kappa shape index (κ2) is 5.17. The van der Waals surface area contributed by atoms with E-state index in [9.17, 15) is 0 Å². The molecule has 0 fully saturated rings. The second-order valence-electron chi connectivity index (χ2n) is 4.18. The van der Waals surface area contributed by atoms with E-state index in [0.717, 1.165) is 5.56 Å². The quantitative estimate of drug-likeness (QED) is 0.528. The largest absolute Gasteiger partial charge is 0.368 e. The fourth-order valence-electron chi connectivity index (χ4n) is 1.73. The van der Waals surface area contributed by atoms with Crippen molar-refractivity contribution in [2.45, 2.75) is 12.1 Å². The van der Waals surface area contributed by atoms with E-state index in [4.69, 9.17) is 5.73 Å². The molecular weight excluding hydrogens is 387 g/mol. The van der Waals surface area contributed by atoms with Crippen LogP contribution < -0.4 is 5.73 Å². The van der Waals surface area contributed by atoms with Crippen LogP contribution >= 0.6 is 34.4 Å². The molecule has 0 saturated heterocycles. The zero-order chi connectivity index (χ0) is 14.3. The molecule has 0 amide bonds. The van der Waals surface area contributed by atoms with Crippen molar-refractivity contribution in [2.24, 2.45) is 0 Å². The number of halogens is 1. The van der Waals surface area contributed by atoms with Crippen LogP contribution in [0.5, 0.6) is 0 Å². The molecular formula is C12H11IN6S. The molecule has 0 unspecified atom stereocenters. The average molecular weight is 398 g/mol. The Morgan fingerprint density at radius 1 is 1.25 bits per heavy atom. The van der Waals surface area contributed by atoms with E-state index in [0.29, 0.717) is 22.7 Å². The normalized spacial score (nSPS) is 11.2. The van der Waals surface area contributed by atoms with Gasteiger partial charge in [0.25, 0.3) is 5.78 Å². The number of aromatic nitrogens is 5. The molecule has 2 N–H and O–H groups in total. The molecule has 0 bridgehead atoms. The van der Waals surface area contributed by atoms with Gasteiger partial charge in [-0.2, -0.15) is 19.5 Å². The molecule has 20 heavy (non-hydrogen) atoms. The summed E-state index contributed by atoms with van der Waals surface area (Å²) in [5.41, 5.74) is 8.04. The van der Waals surface area contributed by atoms with E-state index in [1.54, 1.807) is 0 Å². The van der Waals surface area contributed by atoms with E-state index in [2.05, 4.69) is 49.6 Å². The van der Waals surface area contributed by atoms with E-state index < -0.39 is 0 Å². The number of thioether (sulfide) groups is 1. The lowest BCUT2D eigenvalue weighted by Gasteiger charge is -1.99. The first-order chi connectivity index (χ1) is 9.58. The fraction of sp³-hybridized carbons (Fsp3) is 0.167. The van der Waals surface area contributed by atoms with Crippen molar-refractivity contribution in [3.8, 4) is 11.4 Å². The average Bonchev–Trinajstić information content (AvgIpc) is 2.86. The number of hydrogen-bond acceptors (Lipinski definition) is 6. The number of aryl methyl sites for hydroxylation is 1. The number of nitrogen functional groups attached to an aromatic ring is 1. The first kappa shape index (κ1) is 13.6. The van der Waals surface area contributed by atoms with Crippen molar-refractivity contribution in [3.05, 3.63) is 27.3 Å². The minimum Gasteiger partial charge on any atom is -0.368 e. The zero-order valence-corrected chi connectivity index (χ0v) is 13.8. The van der Waals surface area contributed by atoms with Crippen LogP contribution in [0.1, 0.15) is 5.56 Å². The first-order valence-corrected chi connectivity index (χ1v) is 8.09. The van der Waals surface area contributed by atoms with Crippen LogP contribution in [0.2, 0.25) is 0 Å². The first-order valence-electron chi connectivity index (χ1n) is 5.79. The van der Waals surface area contributed by atoms with Gasteiger partial charge in [-0.25, -0.2) is 0 Å². The smallest absolute Gasteiger partial charge is 0.258 e. The van der Waals surface area contributed by atoms with Crippen LogP contribution in [0.4, 0.5) is 5.95 Å². The number of nitrogens with two attached hydrogens (primary N) is 1. The number of nitrogens with zero attached hydrogens (tertiary/aromatic N) is 5. The molecule has 0 aliphatic rings. The van der Waals surface area contributed by atoms with E-state index in [-0.39, 0.29) is 0 Å². The third-order valence-electron chi connectivity index (χ3n) is 2.83.